The van der Waals surface area contributed by atoms with Gasteiger partial charge in [-0.05, 0) is 25.5 Å². The first-order valence-electron chi connectivity index (χ1n) is 5.76. The van der Waals surface area contributed by atoms with Crippen molar-refractivity contribution in [2.75, 3.05) is 24.6 Å². The summed E-state index contributed by atoms with van der Waals surface area (Å²) in [5, 5.41) is 0. The predicted octanol–water partition coefficient (Wildman–Crippen LogP) is 3.18. The topological polar surface area (TPSA) is 12.5 Å². The van der Waals surface area contributed by atoms with Gasteiger partial charge in [0, 0.05) is 19.0 Å². The Kier molecular flexibility index (Phi) is 3.59. The number of hydrogen-bond acceptors (Lipinski definition) is 2. The van der Waals surface area contributed by atoms with E-state index in [0.29, 0.717) is 31.3 Å². The van der Waals surface area contributed by atoms with Gasteiger partial charge in [0.25, 0.3) is 0 Å². The summed E-state index contributed by atoms with van der Waals surface area (Å²) in [4.78, 5) is 2.02. The fraction of sp³-hybridized carbons (Fsp3) is 0.538. The van der Waals surface area contributed by atoms with Gasteiger partial charge in [-0.15, -0.1) is 11.6 Å². The predicted molar refractivity (Wildman–Crippen MR) is 68.2 cm³/mol. The maximum Gasteiger partial charge on any atom is 0.146 e. The number of nitrogens with zero attached hydrogens (tertiary/aromatic N) is 1. The minimum Gasteiger partial charge on any atom is -0.372 e. The van der Waals surface area contributed by atoms with Crippen LogP contribution < -0.4 is 4.90 Å². The van der Waals surface area contributed by atoms with E-state index in [1.165, 1.54) is 6.07 Å². The standard InChI is InChI=1S/C13H17ClFNO/c1-13(2)9-16(6-7-17-13)12-10(8-14)4-3-5-11(12)15/h3-5H,6-9H2,1-2H3. The van der Waals surface area contributed by atoms with Crippen molar-refractivity contribution in [2.24, 2.45) is 0 Å². The molecule has 1 aliphatic rings. The summed E-state index contributed by atoms with van der Waals surface area (Å²) in [6.07, 6.45) is 0. The Bertz CT molecular complexity index is 408. The molecule has 0 radical (unpaired) electrons. The monoisotopic (exact) mass is 257 g/mol. The lowest BCUT2D eigenvalue weighted by atomic mass is 10.1. The molecule has 1 heterocycles. The van der Waals surface area contributed by atoms with Crippen LogP contribution in [0.25, 0.3) is 0 Å². The van der Waals surface area contributed by atoms with Crippen molar-refractivity contribution >= 4 is 17.3 Å². The van der Waals surface area contributed by atoms with Crippen LogP contribution in [-0.2, 0) is 10.6 Å². The highest BCUT2D eigenvalue weighted by molar-refractivity contribution is 6.17. The second-order valence-corrected chi connectivity index (χ2v) is 5.18. The largest absolute Gasteiger partial charge is 0.372 e. The number of para-hydroxylation sites is 1. The molecule has 94 valence electrons. The number of anilines is 1. The molecular weight excluding hydrogens is 241 g/mol. The normalized spacial score (nSPS) is 19.4. The summed E-state index contributed by atoms with van der Waals surface area (Å²) in [6, 6.07) is 5.05. The highest BCUT2D eigenvalue weighted by atomic mass is 35.5. The fourth-order valence-electron chi connectivity index (χ4n) is 2.23. The zero-order chi connectivity index (χ0) is 12.5. The van der Waals surface area contributed by atoms with Crippen LogP contribution in [0.1, 0.15) is 19.4 Å². The van der Waals surface area contributed by atoms with Crippen LogP contribution in [0.3, 0.4) is 0 Å². The molecule has 2 nitrogen and oxygen atoms in total. The van der Waals surface area contributed by atoms with Gasteiger partial charge in [-0.1, -0.05) is 12.1 Å². The molecule has 1 saturated heterocycles. The molecule has 0 bridgehead atoms. The van der Waals surface area contributed by atoms with Crippen molar-refractivity contribution in [1.82, 2.24) is 0 Å². The van der Waals surface area contributed by atoms with Gasteiger partial charge in [-0.25, -0.2) is 4.39 Å². The number of benzene rings is 1. The van der Waals surface area contributed by atoms with Crippen LogP contribution in [0, 0.1) is 5.82 Å². The number of morpholine rings is 1. The van der Waals surface area contributed by atoms with Crippen LogP contribution >= 0.6 is 11.6 Å². The van der Waals surface area contributed by atoms with Crippen molar-refractivity contribution in [3.8, 4) is 0 Å². The Morgan fingerprint density at radius 1 is 1.47 bits per heavy atom. The second-order valence-electron chi connectivity index (χ2n) is 4.91. The van der Waals surface area contributed by atoms with Gasteiger partial charge in [0.15, 0.2) is 0 Å². The van der Waals surface area contributed by atoms with E-state index < -0.39 is 0 Å². The van der Waals surface area contributed by atoms with Gasteiger partial charge in [0.2, 0.25) is 0 Å². The average molecular weight is 258 g/mol. The van der Waals surface area contributed by atoms with Gasteiger partial charge in [0.05, 0.1) is 17.9 Å². The molecule has 0 N–H and O–H groups in total. The lowest BCUT2D eigenvalue weighted by molar-refractivity contribution is -0.0278. The van der Waals surface area contributed by atoms with E-state index in [-0.39, 0.29) is 11.4 Å². The van der Waals surface area contributed by atoms with Gasteiger partial charge in [0.1, 0.15) is 5.82 Å². The summed E-state index contributed by atoms with van der Waals surface area (Å²) < 4.78 is 19.6. The third kappa shape index (κ3) is 2.72. The first-order valence-corrected chi connectivity index (χ1v) is 6.29. The second kappa shape index (κ2) is 4.83. The fourth-order valence-corrected chi connectivity index (χ4v) is 2.44. The molecule has 1 aromatic rings. The van der Waals surface area contributed by atoms with E-state index in [4.69, 9.17) is 16.3 Å². The van der Waals surface area contributed by atoms with Crippen LogP contribution in [0.4, 0.5) is 10.1 Å². The summed E-state index contributed by atoms with van der Waals surface area (Å²) in [6.45, 7) is 6.02. The molecule has 0 amide bonds. The molecule has 0 aliphatic carbocycles. The number of ether oxygens (including phenoxy) is 1. The lowest BCUT2D eigenvalue weighted by Gasteiger charge is -2.40. The third-order valence-corrected chi connectivity index (χ3v) is 3.24. The number of alkyl halides is 1. The van der Waals surface area contributed by atoms with Crippen LogP contribution in [0.2, 0.25) is 0 Å². The highest BCUT2D eigenvalue weighted by Gasteiger charge is 2.29. The highest BCUT2D eigenvalue weighted by Crippen LogP contribution is 2.29. The van der Waals surface area contributed by atoms with Gasteiger partial charge in [-0.2, -0.15) is 0 Å². The SMILES string of the molecule is CC1(C)CN(c2c(F)cccc2CCl)CCO1. The summed E-state index contributed by atoms with van der Waals surface area (Å²) >= 11 is 5.87. The Labute approximate surface area is 106 Å². The molecule has 2 rings (SSSR count). The van der Waals surface area contributed by atoms with Crippen LogP contribution in [0.5, 0.6) is 0 Å². The first-order chi connectivity index (χ1) is 8.03. The smallest absolute Gasteiger partial charge is 0.146 e. The molecular formula is C13H17ClFNO. The van der Waals surface area contributed by atoms with Crippen molar-refractivity contribution in [2.45, 2.75) is 25.3 Å². The van der Waals surface area contributed by atoms with Crippen LogP contribution in [0.15, 0.2) is 18.2 Å². The molecule has 0 saturated carbocycles. The lowest BCUT2D eigenvalue weighted by Crippen LogP contribution is -2.48. The molecule has 0 aromatic heterocycles. The molecule has 0 unspecified atom stereocenters. The minimum absolute atomic E-state index is 0.208. The molecule has 0 spiro atoms. The molecule has 0 atom stereocenters. The van der Waals surface area contributed by atoms with E-state index in [1.807, 2.05) is 24.8 Å². The van der Waals surface area contributed by atoms with Crippen molar-refractivity contribution < 1.29 is 9.13 Å². The van der Waals surface area contributed by atoms with Crippen LogP contribution in [-0.4, -0.2) is 25.3 Å². The molecule has 17 heavy (non-hydrogen) atoms. The quantitative estimate of drug-likeness (QED) is 0.755. The first kappa shape index (κ1) is 12.7. The maximum absolute atomic E-state index is 13.9. The summed E-state index contributed by atoms with van der Waals surface area (Å²) in [7, 11) is 0. The van der Waals surface area contributed by atoms with Gasteiger partial charge in [-0.3, -0.25) is 0 Å². The van der Waals surface area contributed by atoms with Gasteiger partial charge >= 0.3 is 0 Å². The van der Waals surface area contributed by atoms with Gasteiger partial charge < -0.3 is 9.64 Å². The zero-order valence-corrected chi connectivity index (χ0v) is 10.9. The Morgan fingerprint density at radius 3 is 2.88 bits per heavy atom. The molecule has 1 aliphatic heterocycles. The molecule has 1 fully saturated rings. The van der Waals surface area contributed by atoms with E-state index in [1.54, 1.807) is 6.07 Å². The number of rotatable bonds is 2. The van der Waals surface area contributed by atoms with E-state index in [2.05, 4.69) is 0 Å². The number of halogens is 2. The third-order valence-electron chi connectivity index (χ3n) is 2.96. The minimum atomic E-state index is -0.246. The number of hydrogen-bond donors (Lipinski definition) is 0. The summed E-state index contributed by atoms with van der Waals surface area (Å²) in [5.41, 5.74) is 1.22. The van der Waals surface area contributed by atoms with E-state index in [0.717, 1.165) is 5.56 Å². The van der Waals surface area contributed by atoms with E-state index in [9.17, 15) is 4.39 Å². The zero-order valence-electron chi connectivity index (χ0n) is 10.2. The molecule has 4 heteroatoms. The summed E-state index contributed by atoms with van der Waals surface area (Å²) in [5.74, 6) is 0.117. The Morgan fingerprint density at radius 2 is 2.24 bits per heavy atom. The van der Waals surface area contributed by atoms with Crippen molar-refractivity contribution in [1.29, 1.82) is 0 Å². The molecule has 1 aromatic carbocycles. The van der Waals surface area contributed by atoms with E-state index >= 15 is 0 Å². The van der Waals surface area contributed by atoms with Crippen molar-refractivity contribution in [3.05, 3.63) is 29.6 Å². The Hall–Kier alpha value is -0.800. The average Bonchev–Trinajstić information content (AvgIpc) is 2.27. The van der Waals surface area contributed by atoms with Crippen molar-refractivity contribution in [3.63, 3.8) is 0 Å². The Balaban J connectivity index is 2.33. The maximum atomic E-state index is 13.9.